The third kappa shape index (κ3) is 4.73. The minimum absolute atomic E-state index is 0.273. The Hall–Kier alpha value is -4.37. The van der Waals surface area contributed by atoms with Gasteiger partial charge in [-0.05, 0) is 55.3 Å². The Labute approximate surface area is 214 Å². The van der Waals surface area contributed by atoms with Gasteiger partial charge in [0.15, 0.2) is 0 Å². The number of rotatable bonds is 6. The third-order valence-electron chi connectivity index (χ3n) is 6.93. The lowest BCUT2D eigenvalue weighted by Gasteiger charge is -2.27. The van der Waals surface area contributed by atoms with E-state index in [2.05, 4.69) is 30.8 Å². The summed E-state index contributed by atoms with van der Waals surface area (Å²) < 4.78 is 0. The van der Waals surface area contributed by atoms with E-state index >= 15 is 0 Å². The second-order valence-electron chi connectivity index (χ2n) is 9.47. The van der Waals surface area contributed by atoms with Gasteiger partial charge in [-0.15, -0.1) is 0 Å². The summed E-state index contributed by atoms with van der Waals surface area (Å²) in [5.41, 5.74) is 2.74. The fraction of sp³-hybridized carbons (Fsp3) is 0.250. The summed E-state index contributed by atoms with van der Waals surface area (Å²) in [6.07, 6.45) is 4.63. The van der Waals surface area contributed by atoms with Crippen molar-refractivity contribution in [3.05, 3.63) is 73.1 Å². The van der Waals surface area contributed by atoms with Crippen LogP contribution in [0.25, 0.3) is 22.2 Å². The van der Waals surface area contributed by atoms with E-state index < -0.39 is 5.41 Å². The predicted molar refractivity (Wildman–Crippen MR) is 143 cm³/mol. The highest BCUT2D eigenvalue weighted by Gasteiger charge is 2.56. The molecule has 1 aliphatic heterocycles. The van der Waals surface area contributed by atoms with Crippen molar-refractivity contribution in [3.63, 3.8) is 0 Å². The topological polar surface area (TPSA) is 112 Å². The van der Waals surface area contributed by atoms with Gasteiger partial charge < -0.3 is 20.9 Å². The van der Waals surface area contributed by atoms with Crippen LogP contribution < -0.4 is 20.9 Å². The molecule has 2 fully saturated rings. The van der Waals surface area contributed by atoms with Crippen molar-refractivity contribution < 1.29 is 9.59 Å². The second-order valence-corrected chi connectivity index (χ2v) is 9.47. The lowest BCUT2D eigenvalue weighted by Crippen LogP contribution is -2.44. The number of benzene rings is 2. The van der Waals surface area contributed by atoms with Crippen molar-refractivity contribution in [1.82, 2.24) is 20.3 Å². The van der Waals surface area contributed by atoms with Gasteiger partial charge in [0.2, 0.25) is 17.8 Å². The molecular weight excluding hydrogens is 466 g/mol. The lowest BCUT2D eigenvalue weighted by molar-refractivity contribution is -0.131. The Morgan fingerprint density at radius 3 is 2.38 bits per heavy atom. The quantitative estimate of drug-likeness (QED) is 0.353. The molecule has 9 heteroatoms. The SMILES string of the molecule is O=C(Nc1ccccc1)C1(C(=O)Nc2ccc3ncc(-c4ccnc(N5CCNCC5)n4)cc3c2)CC1. The summed E-state index contributed by atoms with van der Waals surface area (Å²) in [6, 6.07) is 18.6. The van der Waals surface area contributed by atoms with E-state index in [0.29, 0.717) is 30.2 Å². The zero-order chi connectivity index (χ0) is 25.2. The fourth-order valence-corrected chi connectivity index (χ4v) is 4.58. The molecule has 37 heavy (non-hydrogen) atoms. The highest BCUT2D eigenvalue weighted by molar-refractivity contribution is 6.17. The van der Waals surface area contributed by atoms with Gasteiger partial charge in [0.25, 0.3) is 0 Å². The largest absolute Gasteiger partial charge is 0.338 e. The van der Waals surface area contributed by atoms with Crippen LogP contribution in [0.15, 0.2) is 73.1 Å². The van der Waals surface area contributed by atoms with Crippen LogP contribution in [0.1, 0.15) is 12.8 Å². The minimum Gasteiger partial charge on any atom is -0.338 e. The second kappa shape index (κ2) is 9.59. The van der Waals surface area contributed by atoms with E-state index in [9.17, 15) is 9.59 Å². The number of amides is 2. The van der Waals surface area contributed by atoms with Crippen molar-refractivity contribution in [1.29, 1.82) is 0 Å². The van der Waals surface area contributed by atoms with Crippen LogP contribution >= 0.6 is 0 Å². The van der Waals surface area contributed by atoms with Crippen LogP contribution in [-0.2, 0) is 9.59 Å². The zero-order valence-corrected chi connectivity index (χ0v) is 20.3. The predicted octanol–water partition coefficient (Wildman–Crippen LogP) is 3.46. The number of anilines is 3. The van der Waals surface area contributed by atoms with Crippen LogP contribution in [0.4, 0.5) is 17.3 Å². The number of carbonyl (C=O) groups is 2. The summed E-state index contributed by atoms with van der Waals surface area (Å²) in [4.78, 5) is 42.0. The molecule has 4 aromatic rings. The number of para-hydroxylation sites is 1. The van der Waals surface area contributed by atoms with E-state index in [-0.39, 0.29) is 11.8 Å². The molecular formula is C28H27N7O2. The van der Waals surface area contributed by atoms with Gasteiger partial charge in [0.1, 0.15) is 5.41 Å². The number of hydrogen-bond donors (Lipinski definition) is 3. The first-order valence-electron chi connectivity index (χ1n) is 12.5. The summed E-state index contributed by atoms with van der Waals surface area (Å²) in [5, 5.41) is 10.0. The molecule has 2 aromatic carbocycles. The molecule has 9 nitrogen and oxygen atoms in total. The zero-order valence-electron chi connectivity index (χ0n) is 20.3. The van der Waals surface area contributed by atoms with Crippen molar-refractivity contribution in [2.24, 2.45) is 5.41 Å². The molecule has 0 bridgehead atoms. The first kappa shape index (κ1) is 23.1. The Kier molecular flexibility index (Phi) is 5.97. The summed E-state index contributed by atoms with van der Waals surface area (Å²) in [5.74, 6) is 0.148. The van der Waals surface area contributed by atoms with E-state index in [1.807, 2.05) is 60.7 Å². The number of fused-ring (bicyclic) bond motifs is 1. The molecule has 186 valence electrons. The molecule has 2 aliphatic rings. The molecule has 0 spiro atoms. The van der Waals surface area contributed by atoms with Crippen LogP contribution in [0.5, 0.6) is 0 Å². The van der Waals surface area contributed by atoms with Crippen molar-refractivity contribution in [3.8, 4) is 11.3 Å². The number of nitrogens with zero attached hydrogens (tertiary/aromatic N) is 4. The number of piperazine rings is 1. The Morgan fingerprint density at radius 2 is 1.62 bits per heavy atom. The maximum atomic E-state index is 13.1. The summed E-state index contributed by atoms with van der Waals surface area (Å²) in [6.45, 7) is 3.56. The molecule has 0 radical (unpaired) electrons. The highest BCUT2D eigenvalue weighted by atomic mass is 16.2. The first-order chi connectivity index (χ1) is 18.1. The molecule has 1 aliphatic carbocycles. The standard InChI is InChI=1S/C28H27N7O2/c36-25(32-21-4-2-1-3-5-21)28(9-10-28)26(37)33-22-6-7-23-19(17-22)16-20(18-31-23)24-8-11-30-27(34-24)35-14-12-29-13-15-35/h1-8,11,16-18,29H,9-10,12-15H2,(H,32,36)(H,33,37). The lowest BCUT2D eigenvalue weighted by atomic mass is 10.0. The molecule has 1 saturated heterocycles. The molecule has 0 atom stereocenters. The van der Waals surface area contributed by atoms with Crippen molar-refractivity contribution in [2.75, 3.05) is 41.7 Å². The maximum absolute atomic E-state index is 13.1. The number of aromatic nitrogens is 3. The van der Waals surface area contributed by atoms with Crippen LogP contribution in [0, 0.1) is 5.41 Å². The van der Waals surface area contributed by atoms with Crippen LogP contribution in [0.2, 0.25) is 0 Å². The minimum atomic E-state index is -1.04. The average Bonchev–Trinajstić information content (AvgIpc) is 3.76. The molecule has 3 N–H and O–H groups in total. The van der Waals surface area contributed by atoms with Gasteiger partial charge in [-0.3, -0.25) is 14.6 Å². The van der Waals surface area contributed by atoms with E-state index in [1.54, 1.807) is 12.4 Å². The molecule has 0 unspecified atom stereocenters. The van der Waals surface area contributed by atoms with Gasteiger partial charge in [-0.2, -0.15) is 0 Å². The Balaban J connectivity index is 1.21. The smallest absolute Gasteiger partial charge is 0.240 e. The van der Waals surface area contributed by atoms with Gasteiger partial charge in [-0.1, -0.05) is 18.2 Å². The molecule has 6 rings (SSSR count). The number of hydrogen-bond acceptors (Lipinski definition) is 7. The number of carbonyl (C=O) groups excluding carboxylic acids is 2. The number of nitrogens with one attached hydrogen (secondary N) is 3. The van der Waals surface area contributed by atoms with Crippen LogP contribution in [0.3, 0.4) is 0 Å². The number of pyridine rings is 1. The average molecular weight is 494 g/mol. The van der Waals surface area contributed by atoms with Gasteiger partial charge >= 0.3 is 0 Å². The molecule has 2 aromatic heterocycles. The van der Waals surface area contributed by atoms with Crippen molar-refractivity contribution >= 4 is 40.0 Å². The molecule has 3 heterocycles. The first-order valence-corrected chi connectivity index (χ1v) is 12.5. The van der Waals surface area contributed by atoms with E-state index in [0.717, 1.165) is 48.3 Å². The third-order valence-corrected chi connectivity index (χ3v) is 6.93. The summed E-state index contributed by atoms with van der Waals surface area (Å²) >= 11 is 0. The van der Waals surface area contributed by atoms with Gasteiger partial charge in [0, 0.05) is 60.9 Å². The van der Waals surface area contributed by atoms with Crippen LogP contribution in [-0.4, -0.2) is 52.9 Å². The fourth-order valence-electron chi connectivity index (χ4n) is 4.58. The van der Waals surface area contributed by atoms with E-state index in [4.69, 9.17) is 4.98 Å². The Morgan fingerprint density at radius 1 is 0.865 bits per heavy atom. The normalized spacial score (nSPS) is 16.3. The highest BCUT2D eigenvalue weighted by Crippen LogP contribution is 2.47. The van der Waals surface area contributed by atoms with Crippen molar-refractivity contribution in [2.45, 2.75) is 12.8 Å². The summed E-state index contributed by atoms with van der Waals surface area (Å²) in [7, 11) is 0. The molecule has 1 saturated carbocycles. The Bertz CT molecular complexity index is 1460. The monoisotopic (exact) mass is 493 g/mol. The van der Waals surface area contributed by atoms with Gasteiger partial charge in [-0.25, -0.2) is 9.97 Å². The molecule has 2 amide bonds. The maximum Gasteiger partial charge on any atom is 0.240 e. The van der Waals surface area contributed by atoms with Gasteiger partial charge in [0.05, 0.1) is 11.2 Å². The van der Waals surface area contributed by atoms with E-state index in [1.165, 1.54) is 0 Å².